The standard InChI is InChI=1S/C12H16F4N2O/c1-8(2)18-7-9-3-5-17-11(10(9)13)19-6-4-12(14,15)16/h3,5,8,18H,4,6-7H2,1-2H3. The van der Waals surface area contributed by atoms with E-state index in [0.717, 1.165) is 0 Å². The van der Waals surface area contributed by atoms with Crippen LogP contribution >= 0.6 is 0 Å². The molecule has 0 saturated carbocycles. The fourth-order valence-corrected chi connectivity index (χ4v) is 1.28. The second kappa shape index (κ2) is 6.70. The zero-order chi connectivity index (χ0) is 14.5. The smallest absolute Gasteiger partial charge is 0.392 e. The molecule has 0 aliphatic heterocycles. The van der Waals surface area contributed by atoms with E-state index in [1.165, 1.54) is 12.3 Å². The Bertz CT molecular complexity index is 407. The number of rotatable bonds is 6. The molecule has 3 nitrogen and oxygen atoms in total. The molecule has 1 N–H and O–H groups in total. The van der Waals surface area contributed by atoms with Gasteiger partial charge in [-0.3, -0.25) is 0 Å². The number of hydrogen-bond acceptors (Lipinski definition) is 3. The van der Waals surface area contributed by atoms with Crippen LogP contribution in [-0.2, 0) is 6.54 Å². The van der Waals surface area contributed by atoms with Crippen molar-refractivity contribution in [2.24, 2.45) is 0 Å². The van der Waals surface area contributed by atoms with Crippen LogP contribution in [0.4, 0.5) is 17.6 Å². The number of halogens is 4. The van der Waals surface area contributed by atoms with Gasteiger partial charge in [-0.1, -0.05) is 13.8 Å². The molecular weight excluding hydrogens is 264 g/mol. The number of nitrogens with zero attached hydrogens (tertiary/aromatic N) is 1. The second-order valence-corrected chi connectivity index (χ2v) is 4.34. The topological polar surface area (TPSA) is 34.2 Å². The van der Waals surface area contributed by atoms with Gasteiger partial charge in [0, 0.05) is 24.3 Å². The first-order chi connectivity index (χ1) is 8.79. The van der Waals surface area contributed by atoms with E-state index in [1.54, 1.807) is 0 Å². The first-order valence-electron chi connectivity index (χ1n) is 5.86. The van der Waals surface area contributed by atoms with Gasteiger partial charge in [-0.25, -0.2) is 9.37 Å². The average Bonchev–Trinajstić information content (AvgIpc) is 2.28. The van der Waals surface area contributed by atoms with Crippen LogP contribution in [0, 0.1) is 5.82 Å². The number of aromatic nitrogens is 1. The van der Waals surface area contributed by atoms with E-state index in [4.69, 9.17) is 4.74 Å². The lowest BCUT2D eigenvalue weighted by Crippen LogP contribution is -2.22. The summed E-state index contributed by atoms with van der Waals surface area (Å²) in [6.07, 6.45) is -4.15. The van der Waals surface area contributed by atoms with Crippen molar-refractivity contribution in [3.63, 3.8) is 0 Å². The molecule has 1 heterocycles. The molecule has 0 saturated heterocycles. The van der Waals surface area contributed by atoms with E-state index in [0.29, 0.717) is 5.56 Å². The van der Waals surface area contributed by atoms with Crippen LogP contribution in [0.5, 0.6) is 5.88 Å². The summed E-state index contributed by atoms with van der Waals surface area (Å²) < 4.78 is 54.4. The highest BCUT2D eigenvalue weighted by Crippen LogP contribution is 2.21. The number of alkyl halides is 3. The minimum atomic E-state index is -4.33. The Kier molecular flexibility index (Phi) is 5.53. The summed E-state index contributed by atoms with van der Waals surface area (Å²) >= 11 is 0. The van der Waals surface area contributed by atoms with Gasteiger partial charge >= 0.3 is 6.18 Å². The van der Waals surface area contributed by atoms with Gasteiger partial charge in [-0.05, 0) is 6.07 Å². The number of pyridine rings is 1. The Morgan fingerprint density at radius 1 is 1.37 bits per heavy atom. The number of ether oxygens (including phenoxy) is 1. The molecule has 108 valence electrons. The highest BCUT2D eigenvalue weighted by molar-refractivity contribution is 5.23. The van der Waals surface area contributed by atoms with Crippen LogP contribution < -0.4 is 10.1 Å². The summed E-state index contributed by atoms with van der Waals surface area (Å²) in [6.45, 7) is 3.43. The molecule has 0 aliphatic rings. The predicted molar refractivity (Wildman–Crippen MR) is 62.3 cm³/mol. The largest absolute Gasteiger partial charge is 0.475 e. The van der Waals surface area contributed by atoms with Crippen molar-refractivity contribution in [3.8, 4) is 5.88 Å². The Hall–Kier alpha value is -1.37. The molecule has 0 spiro atoms. The van der Waals surface area contributed by atoms with Crippen molar-refractivity contribution in [1.82, 2.24) is 10.3 Å². The molecular formula is C12H16F4N2O. The Labute approximate surface area is 109 Å². The zero-order valence-electron chi connectivity index (χ0n) is 10.7. The van der Waals surface area contributed by atoms with Gasteiger partial charge in [0.2, 0.25) is 0 Å². The number of nitrogens with one attached hydrogen (secondary N) is 1. The molecule has 7 heteroatoms. The van der Waals surface area contributed by atoms with Gasteiger partial charge < -0.3 is 10.1 Å². The zero-order valence-corrected chi connectivity index (χ0v) is 10.7. The van der Waals surface area contributed by atoms with Gasteiger partial charge in [-0.15, -0.1) is 0 Å². The Balaban J connectivity index is 2.61. The van der Waals surface area contributed by atoms with Crippen molar-refractivity contribution in [2.75, 3.05) is 6.61 Å². The van der Waals surface area contributed by atoms with E-state index in [9.17, 15) is 17.6 Å². The quantitative estimate of drug-likeness (QED) is 0.813. The van der Waals surface area contributed by atoms with Crippen LogP contribution in [0.1, 0.15) is 25.8 Å². The maximum Gasteiger partial charge on any atom is 0.392 e. The molecule has 19 heavy (non-hydrogen) atoms. The minimum Gasteiger partial charge on any atom is -0.475 e. The molecule has 0 amide bonds. The summed E-state index contributed by atoms with van der Waals surface area (Å²) in [5, 5.41) is 3.01. The molecule has 0 fully saturated rings. The van der Waals surface area contributed by atoms with Gasteiger partial charge in [0.05, 0.1) is 13.0 Å². The van der Waals surface area contributed by atoms with Gasteiger partial charge in [-0.2, -0.15) is 13.2 Å². The van der Waals surface area contributed by atoms with Crippen molar-refractivity contribution in [1.29, 1.82) is 0 Å². The molecule has 1 aromatic heterocycles. The lowest BCUT2D eigenvalue weighted by molar-refractivity contribution is -0.139. The Morgan fingerprint density at radius 2 is 2.05 bits per heavy atom. The minimum absolute atomic E-state index is 0.169. The molecule has 1 rings (SSSR count). The fraction of sp³-hybridized carbons (Fsp3) is 0.583. The van der Waals surface area contributed by atoms with Crippen molar-refractivity contribution < 1.29 is 22.3 Å². The second-order valence-electron chi connectivity index (χ2n) is 4.34. The third-order valence-corrected chi connectivity index (χ3v) is 2.26. The van der Waals surface area contributed by atoms with Crippen molar-refractivity contribution in [2.45, 2.75) is 39.0 Å². The van der Waals surface area contributed by atoms with E-state index in [1.807, 2.05) is 13.8 Å². The maximum atomic E-state index is 13.8. The molecule has 0 atom stereocenters. The first kappa shape index (κ1) is 15.7. The van der Waals surface area contributed by atoms with Crippen molar-refractivity contribution >= 4 is 0 Å². The average molecular weight is 280 g/mol. The van der Waals surface area contributed by atoms with E-state index in [2.05, 4.69) is 10.3 Å². The highest BCUT2D eigenvalue weighted by Gasteiger charge is 2.27. The summed E-state index contributed by atoms with van der Waals surface area (Å²) in [4.78, 5) is 3.59. The van der Waals surface area contributed by atoms with Crippen LogP contribution in [0.3, 0.4) is 0 Å². The maximum absolute atomic E-state index is 13.8. The highest BCUT2D eigenvalue weighted by atomic mass is 19.4. The van der Waals surface area contributed by atoms with Crippen LogP contribution in [0.15, 0.2) is 12.3 Å². The van der Waals surface area contributed by atoms with Gasteiger partial charge in [0.15, 0.2) is 5.82 Å². The monoisotopic (exact) mass is 280 g/mol. The molecule has 0 radical (unpaired) electrons. The SMILES string of the molecule is CC(C)NCc1ccnc(OCCC(F)(F)F)c1F. The van der Waals surface area contributed by atoms with Crippen LogP contribution in [-0.4, -0.2) is 23.8 Å². The van der Waals surface area contributed by atoms with Crippen LogP contribution in [0.25, 0.3) is 0 Å². The first-order valence-corrected chi connectivity index (χ1v) is 5.86. The van der Waals surface area contributed by atoms with Crippen molar-refractivity contribution in [3.05, 3.63) is 23.6 Å². The molecule has 1 aromatic rings. The van der Waals surface area contributed by atoms with E-state index < -0.39 is 30.9 Å². The number of hydrogen-bond donors (Lipinski definition) is 1. The Morgan fingerprint density at radius 3 is 2.63 bits per heavy atom. The molecule has 0 bridgehead atoms. The summed E-state index contributed by atoms with van der Waals surface area (Å²) in [5.41, 5.74) is 0.311. The summed E-state index contributed by atoms with van der Waals surface area (Å²) in [7, 11) is 0. The third kappa shape index (κ3) is 5.87. The molecule has 0 aromatic carbocycles. The fourth-order valence-electron chi connectivity index (χ4n) is 1.28. The summed E-state index contributed by atoms with van der Waals surface area (Å²) in [6, 6.07) is 1.63. The predicted octanol–water partition coefficient (Wildman–Crippen LogP) is 3.05. The van der Waals surface area contributed by atoms with E-state index in [-0.39, 0.29) is 12.6 Å². The molecule has 0 unspecified atom stereocenters. The third-order valence-electron chi connectivity index (χ3n) is 2.26. The lowest BCUT2D eigenvalue weighted by Gasteiger charge is -2.12. The molecule has 0 aliphatic carbocycles. The lowest BCUT2D eigenvalue weighted by atomic mass is 10.2. The normalized spacial score (nSPS) is 11.9. The van der Waals surface area contributed by atoms with Gasteiger partial charge in [0.1, 0.15) is 0 Å². The van der Waals surface area contributed by atoms with E-state index >= 15 is 0 Å². The van der Waals surface area contributed by atoms with Crippen LogP contribution in [0.2, 0.25) is 0 Å². The van der Waals surface area contributed by atoms with Gasteiger partial charge in [0.25, 0.3) is 5.88 Å². The summed E-state index contributed by atoms with van der Waals surface area (Å²) in [5.74, 6) is -1.12.